The molecule has 11 rings (SSSR count). The molecule has 0 aliphatic carbocycles. The second-order valence-corrected chi connectivity index (χ2v) is 14.0. The summed E-state index contributed by atoms with van der Waals surface area (Å²) in [6.45, 7) is 0. The fraction of sp³-hybridized carbons (Fsp3) is 0. The molecule has 4 heteroatoms. The zero-order valence-electron chi connectivity index (χ0n) is 29.8. The van der Waals surface area contributed by atoms with Gasteiger partial charge in [0.15, 0.2) is 5.58 Å². The largest absolute Gasteiger partial charge is 0.436 e. The molecule has 258 valence electrons. The first-order valence-electron chi connectivity index (χ1n) is 18.6. The Bertz CT molecular complexity index is 3200. The lowest BCUT2D eigenvalue weighted by molar-refractivity contribution is 0.620. The van der Waals surface area contributed by atoms with Gasteiger partial charge < -0.3 is 13.9 Å². The maximum Gasteiger partial charge on any atom is 0.227 e. The van der Waals surface area contributed by atoms with E-state index in [1.165, 1.54) is 54.5 Å². The topological polar surface area (TPSA) is 34.2 Å². The van der Waals surface area contributed by atoms with Crippen molar-refractivity contribution in [1.82, 2.24) is 9.55 Å². The molecule has 9 aromatic carbocycles. The molecule has 0 bridgehead atoms. The summed E-state index contributed by atoms with van der Waals surface area (Å²) in [6, 6.07) is 71.2. The summed E-state index contributed by atoms with van der Waals surface area (Å²) in [5.41, 5.74) is 11.5. The van der Waals surface area contributed by atoms with Crippen LogP contribution in [0.25, 0.3) is 82.7 Å². The predicted octanol–water partition coefficient (Wildman–Crippen LogP) is 14.0. The van der Waals surface area contributed by atoms with Gasteiger partial charge in [0.05, 0.1) is 11.0 Å². The Balaban J connectivity index is 1.13. The number of anilines is 3. The summed E-state index contributed by atoms with van der Waals surface area (Å²) < 4.78 is 8.67. The first kappa shape index (κ1) is 31.1. The molecule has 4 nitrogen and oxygen atoms in total. The molecule has 2 aromatic heterocycles. The van der Waals surface area contributed by atoms with E-state index in [9.17, 15) is 0 Å². The molecule has 0 aliphatic rings. The van der Waals surface area contributed by atoms with Crippen LogP contribution in [0.15, 0.2) is 205 Å². The van der Waals surface area contributed by atoms with E-state index >= 15 is 0 Å². The van der Waals surface area contributed by atoms with Gasteiger partial charge in [0.1, 0.15) is 5.52 Å². The van der Waals surface area contributed by atoms with Crippen LogP contribution in [0.1, 0.15) is 0 Å². The van der Waals surface area contributed by atoms with Crippen molar-refractivity contribution in [1.29, 1.82) is 0 Å². The number of hydrogen-bond acceptors (Lipinski definition) is 3. The second-order valence-electron chi connectivity index (χ2n) is 14.0. The van der Waals surface area contributed by atoms with Gasteiger partial charge >= 0.3 is 0 Å². The Hall–Kier alpha value is -7.43. The highest BCUT2D eigenvalue weighted by atomic mass is 16.3. The van der Waals surface area contributed by atoms with Crippen molar-refractivity contribution in [3.63, 3.8) is 0 Å². The van der Waals surface area contributed by atoms with Gasteiger partial charge in [-0.05, 0) is 106 Å². The molecule has 0 fully saturated rings. The van der Waals surface area contributed by atoms with Crippen molar-refractivity contribution in [3.8, 4) is 28.3 Å². The van der Waals surface area contributed by atoms with Crippen molar-refractivity contribution in [3.05, 3.63) is 200 Å². The number of hydrogen-bond donors (Lipinski definition) is 0. The fourth-order valence-electron chi connectivity index (χ4n) is 8.14. The number of rotatable bonds is 6. The molecule has 0 unspecified atom stereocenters. The monoisotopic (exact) mass is 703 g/mol. The van der Waals surface area contributed by atoms with E-state index in [1.807, 2.05) is 36.4 Å². The summed E-state index contributed by atoms with van der Waals surface area (Å²) in [5.74, 6) is 0.612. The quantitative estimate of drug-likeness (QED) is 0.173. The Kier molecular flexibility index (Phi) is 7.14. The summed E-state index contributed by atoms with van der Waals surface area (Å²) in [6.07, 6.45) is 0. The van der Waals surface area contributed by atoms with Gasteiger partial charge in [-0.15, -0.1) is 0 Å². The van der Waals surface area contributed by atoms with Gasteiger partial charge in [0.25, 0.3) is 0 Å². The van der Waals surface area contributed by atoms with Crippen LogP contribution in [0.4, 0.5) is 17.1 Å². The summed E-state index contributed by atoms with van der Waals surface area (Å²) in [5, 5.41) is 7.19. The van der Waals surface area contributed by atoms with Gasteiger partial charge in [-0.1, -0.05) is 121 Å². The SMILES string of the molecule is c1ccc(-c2ccc3cc(N(c4ccc5oc(-c6ccccc6)nc5c4)c4ccc5ccc6c7ccccc7n(-c7ccccc7)c6c5c4)ccc3c2)cc1. The Morgan fingerprint density at radius 3 is 1.85 bits per heavy atom. The third-order valence-electron chi connectivity index (χ3n) is 10.7. The zero-order valence-corrected chi connectivity index (χ0v) is 29.8. The molecular formula is C51H33N3O. The number of para-hydroxylation sites is 2. The lowest BCUT2D eigenvalue weighted by Crippen LogP contribution is -2.10. The maximum atomic E-state index is 6.26. The number of aromatic nitrogens is 2. The Labute approximate surface area is 317 Å². The van der Waals surface area contributed by atoms with E-state index in [1.54, 1.807) is 0 Å². The number of oxazole rings is 1. The van der Waals surface area contributed by atoms with Crippen LogP contribution in [0.5, 0.6) is 0 Å². The highest BCUT2D eigenvalue weighted by molar-refractivity contribution is 6.19. The van der Waals surface area contributed by atoms with Crippen LogP contribution in [-0.2, 0) is 0 Å². The molecule has 0 saturated carbocycles. The molecule has 0 N–H and O–H groups in total. The molecule has 0 atom stereocenters. The third-order valence-corrected chi connectivity index (χ3v) is 10.7. The number of fused-ring (bicyclic) bond motifs is 7. The molecule has 0 amide bonds. The molecule has 0 spiro atoms. The van der Waals surface area contributed by atoms with Gasteiger partial charge in [0.2, 0.25) is 5.89 Å². The Morgan fingerprint density at radius 2 is 1.04 bits per heavy atom. The van der Waals surface area contributed by atoms with Crippen molar-refractivity contribution < 1.29 is 4.42 Å². The molecular weight excluding hydrogens is 671 g/mol. The minimum atomic E-state index is 0.612. The van der Waals surface area contributed by atoms with Crippen LogP contribution >= 0.6 is 0 Å². The average Bonchev–Trinajstić information content (AvgIpc) is 3.84. The van der Waals surface area contributed by atoms with Crippen LogP contribution in [-0.4, -0.2) is 9.55 Å². The van der Waals surface area contributed by atoms with Gasteiger partial charge in [-0.25, -0.2) is 4.98 Å². The zero-order chi connectivity index (χ0) is 36.3. The normalized spacial score (nSPS) is 11.6. The van der Waals surface area contributed by atoms with E-state index in [0.29, 0.717) is 5.89 Å². The van der Waals surface area contributed by atoms with Crippen molar-refractivity contribution in [2.75, 3.05) is 4.90 Å². The van der Waals surface area contributed by atoms with E-state index in [-0.39, 0.29) is 0 Å². The highest BCUT2D eigenvalue weighted by Crippen LogP contribution is 2.42. The summed E-state index contributed by atoms with van der Waals surface area (Å²) in [7, 11) is 0. The van der Waals surface area contributed by atoms with Crippen LogP contribution < -0.4 is 4.90 Å². The predicted molar refractivity (Wildman–Crippen MR) is 229 cm³/mol. The van der Waals surface area contributed by atoms with Crippen molar-refractivity contribution >= 4 is 71.5 Å². The van der Waals surface area contributed by atoms with Crippen molar-refractivity contribution in [2.24, 2.45) is 0 Å². The van der Waals surface area contributed by atoms with Crippen LogP contribution in [0, 0.1) is 0 Å². The molecule has 0 radical (unpaired) electrons. The second kappa shape index (κ2) is 12.6. The van der Waals surface area contributed by atoms with Gasteiger partial charge in [0, 0.05) is 44.5 Å². The average molecular weight is 704 g/mol. The molecule has 0 aliphatic heterocycles. The van der Waals surface area contributed by atoms with Gasteiger partial charge in [-0.2, -0.15) is 0 Å². The Morgan fingerprint density at radius 1 is 0.418 bits per heavy atom. The van der Waals surface area contributed by atoms with Gasteiger partial charge in [-0.3, -0.25) is 0 Å². The summed E-state index contributed by atoms with van der Waals surface area (Å²) in [4.78, 5) is 7.31. The molecule has 55 heavy (non-hydrogen) atoms. The fourth-order valence-corrected chi connectivity index (χ4v) is 8.14. The first-order chi connectivity index (χ1) is 27.2. The van der Waals surface area contributed by atoms with Crippen molar-refractivity contribution in [2.45, 2.75) is 0 Å². The maximum absolute atomic E-state index is 6.26. The van der Waals surface area contributed by atoms with E-state index < -0.39 is 0 Å². The van der Waals surface area contributed by atoms with E-state index in [4.69, 9.17) is 9.40 Å². The highest BCUT2D eigenvalue weighted by Gasteiger charge is 2.20. The number of nitrogens with zero attached hydrogens (tertiary/aromatic N) is 3. The smallest absolute Gasteiger partial charge is 0.227 e. The first-order valence-corrected chi connectivity index (χ1v) is 18.6. The van der Waals surface area contributed by atoms with E-state index in [2.05, 4.69) is 173 Å². The molecule has 11 aromatic rings. The minimum Gasteiger partial charge on any atom is -0.436 e. The molecule has 2 heterocycles. The third kappa shape index (κ3) is 5.26. The lowest BCUT2D eigenvalue weighted by Gasteiger charge is -2.26. The van der Waals surface area contributed by atoms with E-state index in [0.717, 1.165) is 39.4 Å². The molecule has 0 saturated heterocycles. The minimum absolute atomic E-state index is 0.612. The standard InChI is InChI=1S/C51H33N3O/c1-4-12-34(13-5-1)37-20-21-39-31-41(26-23-38(39)30-37)53(43-27-29-49-47(33-43)52-51(55-49)36-14-6-2-7-15-36)42-25-22-35-24-28-45-44-18-10-11-19-48(44)54(50(45)46(35)32-42)40-16-8-3-9-17-40/h1-33H. The van der Waals surface area contributed by atoms with Crippen LogP contribution in [0.2, 0.25) is 0 Å². The van der Waals surface area contributed by atoms with Crippen LogP contribution in [0.3, 0.4) is 0 Å². The lowest BCUT2D eigenvalue weighted by atomic mass is 10.0. The number of benzene rings is 9. The summed E-state index contributed by atoms with van der Waals surface area (Å²) >= 11 is 0.